The van der Waals surface area contributed by atoms with Gasteiger partial charge in [-0.25, -0.2) is 0 Å². The smallest absolute Gasteiger partial charge is 0.317 e. The quantitative estimate of drug-likeness (QED) is 0.531. The van der Waals surface area contributed by atoms with Gasteiger partial charge in [0.15, 0.2) is 5.75 Å². The average Bonchev–Trinajstić information content (AvgIpc) is 2.61. The molecule has 0 amide bonds. The molecule has 0 aliphatic carbocycles. The van der Waals surface area contributed by atoms with Gasteiger partial charge in [0.05, 0.1) is 15.9 Å². The molecule has 0 saturated carbocycles. The van der Waals surface area contributed by atoms with Gasteiger partial charge in [-0.3, -0.25) is 20.2 Å². The van der Waals surface area contributed by atoms with Crippen molar-refractivity contribution in [3.8, 4) is 5.75 Å². The lowest BCUT2D eigenvalue weighted by Gasteiger charge is -2.21. The third kappa shape index (κ3) is 4.23. The number of benzene rings is 2. The second-order valence-electron chi connectivity index (χ2n) is 5.27. The van der Waals surface area contributed by atoms with Gasteiger partial charge in [-0.1, -0.05) is 30.3 Å². The average molecular weight is 345 g/mol. The van der Waals surface area contributed by atoms with Crippen molar-refractivity contribution < 1.29 is 14.6 Å². The molecule has 0 heterocycles. The minimum absolute atomic E-state index is 0.0151. The summed E-state index contributed by atoms with van der Waals surface area (Å²) in [5.74, 6) is 0.0151. The molecule has 0 aliphatic rings. The fourth-order valence-corrected chi connectivity index (χ4v) is 2.50. The van der Waals surface area contributed by atoms with E-state index in [9.17, 15) is 20.2 Å². The maximum atomic E-state index is 11.3. The summed E-state index contributed by atoms with van der Waals surface area (Å²) < 4.78 is 5.61. The topological polar surface area (TPSA) is 98.8 Å². The van der Waals surface area contributed by atoms with Crippen LogP contribution >= 0.6 is 0 Å². The molecule has 0 bridgehead atoms. The Hall–Kier alpha value is -3.16. The van der Waals surface area contributed by atoms with E-state index >= 15 is 0 Å². The van der Waals surface area contributed by atoms with E-state index in [0.717, 1.165) is 11.6 Å². The maximum Gasteiger partial charge on any atom is 0.317 e. The Morgan fingerprint density at radius 2 is 1.56 bits per heavy atom. The molecule has 0 aliphatic heterocycles. The minimum Gasteiger partial charge on any atom is -0.482 e. The zero-order chi connectivity index (χ0) is 18.4. The lowest BCUT2D eigenvalue weighted by molar-refractivity contribution is -0.394. The summed E-state index contributed by atoms with van der Waals surface area (Å²) in [7, 11) is 0. The highest BCUT2D eigenvalue weighted by atomic mass is 16.6. The number of nitro benzene ring substituents is 2. The molecule has 8 nitrogen and oxygen atoms in total. The molecule has 2 aromatic rings. The minimum atomic E-state index is -0.667. The number of ether oxygens (including phenoxy) is 1. The van der Waals surface area contributed by atoms with Crippen molar-refractivity contribution in [2.45, 2.75) is 20.5 Å². The second kappa shape index (κ2) is 8.09. The normalized spacial score (nSPS) is 10.3. The molecule has 25 heavy (non-hydrogen) atoms. The molecule has 0 aromatic heterocycles. The number of anilines is 1. The first kappa shape index (κ1) is 18.2. The van der Waals surface area contributed by atoms with Crippen LogP contribution in [0.2, 0.25) is 0 Å². The van der Waals surface area contributed by atoms with Gasteiger partial charge < -0.3 is 9.64 Å². The van der Waals surface area contributed by atoms with Crippen molar-refractivity contribution in [3.63, 3.8) is 0 Å². The van der Waals surface area contributed by atoms with Crippen LogP contribution in [-0.2, 0) is 6.61 Å². The Labute approximate surface area is 144 Å². The molecule has 0 radical (unpaired) electrons. The van der Waals surface area contributed by atoms with Crippen molar-refractivity contribution >= 4 is 17.1 Å². The third-order valence-electron chi connectivity index (χ3n) is 3.79. The highest BCUT2D eigenvalue weighted by Gasteiger charge is 2.27. The van der Waals surface area contributed by atoms with Crippen LogP contribution in [0, 0.1) is 20.2 Å². The number of nitrogens with zero attached hydrogens (tertiary/aromatic N) is 3. The van der Waals surface area contributed by atoms with Crippen LogP contribution < -0.4 is 9.64 Å². The summed E-state index contributed by atoms with van der Waals surface area (Å²) in [5.41, 5.74) is 0.434. The lowest BCUT2D eigenvalue weighted by atomic mass is 10.2. The van der Waals surface area contributed by atoms with E-state index in [1.54, 1.807) is 4.90 Å². The molecule has 0 saturated heterocycles. The van der Waals surface area contributed by atoms with Gasteiger partial charge in [-0.15, -0.1) is 0 Å². The first-order chi connectivity index (χ1) is 12.0. The Morgan fingerprint density at radius 1 is 0.960 bits per heavy atom. The van der Waals surface area contributed by atoms with Gasteiger partial charge in [0.25, 0.3) is 5.69 Å². The van der Waals surface area contributed by atoms with Crippen LogP contribution in [0.3, 0.4) is 0 Å². The molecule has 0 unspecified atom stereocenters. The monoisotopic (exact) mass is 345 g/mol. The molecule has 0 atom stereocenters. The number of hydrogen-bond donors (Lipinski definition) is 0. The highest BCUT2D eigenvalue weighted by molar-refractivity contribution is 5.71. The molecule has 0 spiro atoms. The second-order valence-corrected chi connectivity index (χ2v) is 5.27. The van der Waals surface area contributed by atoms with Gasteiger partial charge in [0.2, 0.25) is 0 Å². The molecular weight excluding hydrogens is 326 g/mol. The standard InChI is InChI=1S/C17H19N3O5/c1-3-18(4-2)14-11-17(25-12-13-8-6-5-7-9-13)16(20(23)24)10-15(14)19(21)22/h5-11H,3-4,12H2,1-2H3. The Morgan fingerprint density at radius 3 is 2.08 bits per heavy atom. The summed E-state index contributed by atoms with van der Waals surface area (Å²) in [4.78, 5) is 23.1. The van der Waals surface area contributed by atoms with Crippen molar-refractivity contribution in [3.05, 3.63) is 68.3 Å². The zero-order valence-electron chi connectivity index (χ0n) is 14.0. The van der Waals surface area contributed by atoms with Crippen LogP contribution in [0.15, 0.2) is 42.5 Å². The van der Waals surface area contributed by atoms with E-state index in [0.29, 0.717) is 18.8 Å². The van der Waals surface area contributed by atoms with Gasteiger partial charge in [-0.05, 0) is 19.4 Å². The SMILES string of the molecule is CCN(CC)c1cc(OCc2ccccc2)c([N+](=O)[O-])cc1[N+](=O)[O-]. The summed E-state index contributed by atoms with van der Waals surface area (Å²) in [5, 5.41) is 22.7. The number of nitro groups is 2. The summed E-state index contributed by atoms with van der Waals surface area (Å²) in [6.07, 6.45) is 0. The van der Waals surface area contributed by atoms with Crippen molar-refractivity contribution in [2.24, 2.45) is 0 Å². The molecular formula is C17H19N3O5. The van der Waals surface area contributed by atoms with E-state index in [2.05, 4.69) is 0 Å². The molecule has 8 heteroatoms. The molecule has 0 N–H and O–H groups in total. The van der Waals surface area contributed by atoms with Crippen molar-refractivity contribution in [1.29, 1.82) is 0 Å². The fraction of sp³-hybridized carbons (Fsp3) is 0.294. The predicted octanol–water partition coefficient (Wildman–Crippen LogP) is 3.93. The number of rotatable bonds is 8. The van der Waals surface area contributed by atoms with Crippen molar-refractivity contribution in [1.82, 2.24) is 0 Å². The van der Waals surface area contributed by atoms with Crippen LogP contribution in [0.1, 0.15) is 19.4 Å². The Kier molecular flexibility index (Phi) is 5.89. The van der Waals surface area contributed by atoms with Crippen molar-refractivity contribution in [2.75, 3.05) is 18.0 Å². The fourth-order valence-electron chi connectivity index (χ4n) is 2.50. The van der Waals surface area contributed by atoms with Gasteiger partial charge >= 0.3 is 5.69 Å². The molecule has 2 rings (SSSR count). The van der Waals surface area contributed by atoms with Crippen LogP contribution in [0.4, 0.5) is 17.1 Å². The van der Waals surface area contributed by atoms with E-state index in [-0.39, 0.29) is 18.0 Å². The lowest BCUT2D eigenvalue weighted by Crippen LogP contribution is -2.23. The van der Waals surface area contributed by atoms with Crippen LogP contribution in [0.25, 0.3) is 0 Å². The summed E-state index contributed by atoms with van der Waals surface area (Å²) in [6, 6.07) is 11.6. The first-order valence-electron chi connectivity index (χ1n) is 7.86. The van der Waals surface area contributed by atoms with Crippen LogP contribution in [-0.4, -0.2) is 22.9 Å². The summed E-state index contributed by atoms with van der Waals surface area (Å²) in [6.45, 7) is 4.93. The first-order valence-corrected chi connectivity index (χ1v) is 7.86. The molecule has 2 aromatic carbocycles. The van der Waals surface area contributed by atoms with Gasteiger partial charge in [0, 0.05) is 19.2 Å². The Balaban J connectivity index is 2.47. The molecule has 0 fully saturated rings. The Bertz CT molecular complexity index is 760. The largest absolute Gasteiger partial charge is 0.482 e. The van der Waals surface area contributed by atoms with E-state index in [4.69, 9.17) is 4.74 Å². The number of hydrogen-bond acceptors (Lipinski definition) is 6. The van der Waals surface area contributed by atoms with E-state index in [1.165, 1.54) is 6.07 Å². The zero-order valence-corrected chi connectivity index (χ0v) is 14.0. The van der Waals surface area contributed by atoms with Crippen LogP contribution in [0.5, 0.6) is 5.75 Å². The highest BCUT2D eigenvalue weighted by Crippen LogP contribution is 2.39. The van der Waals surface area contributed by atoms with E-state index < -0.39 is 15.5 Å². The summed E-state index contributed by atoms with van der Waals surface area (Å²) >= 11 is 0. The van der Waals surface area contributed by atoms with Gasteiger partial charge in [-0.2, -0.15) is 0 Å². The third-order valence-corrected chi connectivity index (χ3v) is 3.79. The molecule has 132 valence electrons. The van der Waals surface area contributed by atoms with Gasteiger partial charge in [0.1, 0.15) is 12.3 Å². The predicted molar refractivity (Wildman–Crippen MR) is 94.1 cm³/mol. The van der Waals surface area contributed by atoms with E-state index in [1.807, 2.05) is 44.2 Å². The maximum absolute atomic E-state index is 11.3.